The molecule has 20 heavy (non-hydrogen) atoms. The van der Waals surface area contributed by atoms with Crippen LogP contribution >= 0.6 is 0 Å². The second-order valence-electron chi connectivity index (χ2n) is 4.57. The van der Waals surface area contributed by atoms with Crippen LogP contribution in [-0.2, 0) is 16.6 Å². The summed E-state index contributed by atoms with van der Waals surface area (Å²) in [5.74, 6) is -0.480. The lowest BCUT2D eigenvalue weighted by atomic mass is 10.1. The van der Waals surface area contributed by atoms with Gasteiger partial charge in [0.1, 0.15) is 5.82 Å². The predicted octanol–water partition coefficient (Wildman–Crippen LogP) is 2.27. The first kappa shape index (κ1) is 17.1. The van der Waals surface area contributed by atoms with Crippen LogP contribution in [0.4, 0.5) is 4.39 Å². The molecule has 0 saturated carbocycles. The van der Waals surface area contributed by atoms with E-state index in [2.05, 4.69) is 5.32 Å². The molecule has 1 N–H and O–H groups in total. The summed E-state index contributed by atoms with van der Waals surface area (Å²) in [7, 11) is -3.64. The molecule has 0 aliphatic heterocycles. The Kier molecular flexibility index (Phi) is 6.10. The Morgan fingerprint density at radius 3 is 2.30 bits per heavy atom. The number of hydrogen-bond acceptors (Lipinski definition) is 3. The molecule has 0 aliphatic carbocycles. The van der Waals surface area contributed by atoms with Crippen LogP contribution in [0.15, 0.2) is 17.0 Å². The minimum absolute atomic E-state index is 0.0640. The average molecular weight is 302 g/mol. The van der Waals surface area contributed by atoms with E-state index in [1.807, 2.05) is 6.92 Å². The van der Waals surface area contributed by atoms with Gasteiger partial charge in [-0.05, 0) is 31.2 Å². The van der Waals surface area contributed by atoms with Crippen molar-refractivity contribution in [1.82, 2.24) is 9.62 Å². The second-order valence-corrected chi connectivity index (χ2v) is 6.48. The zero-order valence-corrected chi connectivity index (χ0v) is 13.3. The molecule has 0 heterocycles. The van der Waals surface area contributed by atoms with Gasteiger partial charge in [-0.2, -0.15) is 4.31 Å². The maximum atomic E-state index is 14.0. The Balaban J connectivity index is 3.32. The standard InChI is InChI=1S/C14H23FN2O2S/c1-5-16-10-12-8-13(15)11(4)14(9-12)20(18,19)17(6-2)7-3/h8-9,16H,5-7,10H2,1-4H3. The Bertz CT molecular complexity index is 555. The molecule has 0 radical (unpaired) electrons. The molecule has 4 nitrogen and oxygen atoms in total. The number of benzene rings is 1. The maximum absolute atomic E-state index is 14.0. The van der Waals surface area contributed by atoms with E-state index in [1.165, 1.54) is 17.3 Å². The molecule has 0 saturated heterocycles. The van der Waals surface area contributed by atoms with E-state index in [0.717, 1.165) is 6.54 Å². The number of hydrogen-bond donors (Lipinski definition) is 1. The van der Waals surface area contributed by atoms with Crippen LogP contribution < -0.4 is 5.32 Å². The molecular weight excluding hydrogens is 279 g/mol. The van der Waals surface area contributed by atoms with Gasteiger partial charge in [-0.3, -0.25) is 0 Å². The molecule has 1 aromatic rings. The van der Waals surface area contributed by atoms with Crippen molar-refractivity contribution in [3.8, 4) is 0 Å². The fourth-order valence-corrected chi connectivity index (χ4v) is 3.79. The first-order valence-corrected chi connectivity index (χ1v) is 8.32. The molecule has 0 aliphatic rings. The van der Waals surface area contributed by atoms with Crippen LogP contribution in [0.3, 0.4) is 0 Å². The zero-order chi connectivity index (χ0) is 15.3. The summed E-state index contributed by atoms with van der Waals surface area (Å²) in [6.45, 7) is 8.93. The summed E-state index contributed by atoms with van der Waals surface area (Å²) in [5.41, 5.74) is 0.817. The lowest BCUT2D eigenvalue weighted by Gasteiger charge is -2.20. The van der Waals surface area contributed by atoms with Gasteiger partial charge in [0.15, 0.2) is 0 Å². The predicted molar refractivity (Wildman–Crippen MR) is 78.6 cm³/mol. The van der Waals surface area contributed by atoms with Gasteiger partial charge < -0.3 is 5.32 Å². The van der Waals surface area contributed by atoms with Crippen LogP contribution in [0.25, 0.3) is 0 Å². The molecule has 1 rings (SSSR count). The molecule has 1 aromatic carbocycles. The average Bonchev–Trinajstić information content (AvgIpc) is 2.40. The van der Waals surface area contributed by atoms with Crippen molar-refractivity contribution in [2.24, 2.45) is 0 Å². The molecule has 6 heteroatoms. The Hall–Kier alpha value is -0.980. The molecule has 0 spiro atoms. The van der Waals surface area contributed by atoms with E-state index in [1.54, 1.807) is 19.9 Å². The molecule has 0 atom stereocenters. The third-order valence-corrected chi connectivity index (χ3v) is 5.43. The third-order valence-electron chi connectivity index (χ3n) is 3.26. The van der Waals surface area contributed by atoms with Crippen molar-refractivity contribution in [2.45, 2.75) is 39.1 Å². The second kappa shape index (κ2) is 7.15. The van der Waals surface area contributed by atoms with Crippen molar-refractivity contribution in [3.05, 3.63) is 29.1 Å². The lowest BCUT2D eigenvalue weighted by Crippen LogP contribution is -2.31. The smallest absolute Gasteiger partial charge is 0.243 e. The van der Waals surface area contributed by atoms with Gasteiger partial charge in [0.25, 0.3) is 0 Å². The van der Waals surface area contributed by atoms with Gasteiger partial charge in [-0.25, -0.2) is 12.8 Å². The molecule has 0 aromatic heterocycles. The zero-order valence-electron chi connectivity index (χ0n) is 12.5. The largest absolute Gasteiger partial charge is 0.313 e. The van der Waals surface area contributed by atoms with Crippen LogP contribution in [0.2, 0.25) is 0 Å². The van der Waals surface area contributed by atoms with E-state index in [-0.39, 0.29) is 10.5 Å². The van der Waals surface area contributed by atoms with Crippen molar-refractivity contribution < 1.29 is 12.8 Å². The topological polar surface area (TPSA) is 49.4 Å². The maximum Gasteiger partial charge on any atom is 0.243 e. The summed E-state index contributed by atoms with van der Waals surface area (Å²) in [5, 5.41) is 3.07. The van der Waals surface area contributed by atoms with E-state index in [4.69, 9.17) is 0 Å². The summed E-state index contributed by atoms with van der Waals surface area (Å²) >= 11 is 0. The summed E-state index contributed by atoms with van der Waals surface area (Å²) in [6, 6.07) is 2.95. The Morgan fingerprint density at radius 2 is 1.80 bits per heavy atom. The van der Waals surface area contributed by atoms with Crippen molar-refractivity contribution in [3.63, 3.8) is 0 Å². The van der Waals surface area contributed by atoms with E-state index >= 15 is 0 Å². The van der Waals surface area contributed by atoms with Gasteiger partial charge in [-0.1, -0.05) is 20.8 Å². The van der Waals surface area contributed by atoms with Crippen LogP contribution in [0.5, 0.6) is 0 Å². The van der Waals surface area contributed by atoms with Gasteiger partial charge in [0, 0.05) is 25.2 Å². The van der Waals surface area contributed by atoms with Gasteiger partial charge in [-0.15, -0.1) is 0 Å². The van der Waals surface area contributed by atoms with E-state index in [0.29, 0.717) is 25.2 Å². The van der Waals surface area contributed by atoms with Gasteiger partial charge in [0.05, 0.1) is 4.90 Å². The fourth-order valence-electron chi connectivity index (χ4n) is 2.05. The quantitative estimate of drug-likeness (QED) is 0.840. The first-order chi connectivity index (χ1) is 9.38. The van der Waals surface area contributed by atoms with Crippen molar-refractivity contribution >= 4 is 10.0 Å². The number of nitrogens with one attached hydrogen (secondary N) is 1. The third kappa shape index (κ3) is 3.56. The monoisotopic (exact) mass is 302 g/mol. The van der Waals surface area contributed by atoms with E-state index < -0.39 is 15.8 Å². The van der Waals surface area contributed by atoms with Crippen LogP contribution in [-0.4, -0.2) is 32.4 Å². The molecule has 0 amide bonds. The highest BCUT2D eigenvalue weighted by atomic mass is 32.2. The molecule has 0 bridgehead atoms. The Morgan fingerprint density at radius 1 is 1.20 bits per heavy atom. The minimum atomic E-state index is -3.64. The number of nitrogens with zero attached hydrogens (tertiary/aromatic N) is 1. The molecular formula is C14H23FN2O2S. The molecule has 0 unspecified atom stereocenters. The van der Waals surface area contributed by atoms with Crippen LogP contribution in [0.1, 0.15) is 31.9 Å². The van der Waals surface area contributed by atoms with Crippen molar-refractivity contribution in [2.75, 3.05) is 19.6 Å². The Labute approximate surface area is 121 Å². The van der Waals surface area contributed by atoms with E-state index in [9.17, 15) is 12.8 Å². The summed E-state index contributed by atoms with van der Waals surface area (Å²) < 4.78 is 40.4. The highest BCUT2D eigenvalue weighted by molar-refractivity contribution is 7.89. The summed E-state index contributed by atoms with van der Waals surface area (Å²) in [6.07, 6.45) is 0. The summed E-state index contributed by atoms with van der Waals surface area (Å²) in [4.78, 5) is 0.0640. The van der Waals surface area contributed by atoms with Crippen LogP contribution in [0, 0.1) is 12.7 Å². The lowest BCUT2D eigenvalue weighted by molar-refractivity contribution is 0.444. The number of halogens is 1. The van der Waals surface area contributed by atoms with Crippen molar-refractivity contribution in [1.29, 1.82) is 0 Å². The normalized spacial score (nSPS) is 12.1. The number of rotatable bonds is 7. The first-order valence-electron chi connectivity index (χ1n) is 6.88. The van der Waals surface area contributed by atoms with Gasteiger partial charge >= 0.3 is 0 Å². The SMILES string of the molecule is CCNCc1cc(F)c(C)c(S(=O)(=O)N(CC)CC)c1. The minimum Gasteiger partial charge on any atom is -0.313 e. The van der Waals surface area contributed by atoms with Gasteiger partial charge in [0.2, 0.25) is 10.0 Å². The number of sulfonamides is 1. The molecule has 114 valence electrons. The highest BCUT2D eigenvalue weighted by Crippen LogP contribution is 2.24. The highest BCUT2D eigenvalue weighted by Gasteiger charge is 2.25. The fraction of sp³-hybridized carbons (Fsp3) is 0.571. The molecule has 0 fully saturated rings.